The summed E-state index contributed by atoms with van der Waals surface area (Å²) in [4.78, 5) is 0. The van der Waals surface area contributed by atoms with Gasteiger partial charge in [-0.15, -0.1) is 0 Å². The highest BCUT2D eigenvalue weighted by molar-refractivity contribution is 6.07. The summed E-state index contributed by atoms with van der Waals surface area (Å²) in [5.41, 5.74) is 1.05. The Morgan fingerprint density at radius 1 is 0.773 bits per heavy atom. The minimum atomic E-state index is -0.691. The number of ether oxygens (including phenoxy) is 2. The van der Waals surface area contributed by atoms with Crippen molar-refractivity contribution in [3.8, 4) is 0 Å². The molecule has 0 N–H and O–H groups in total. The summed E-state index contributed by atoms with van der Waals surface area (Å²) in [6.45, 7) is 7.21. The maximum atomic E-state index is 5.87. The van der Waals surface area contributed by atoms with Gasteiger partial charge in [-0.2, -0.15) is 0 Å². The molecule has 0 saturated heterocycles. The van der Waals surface area contributed by atoms with Crippen LogP contribution in [0.5, 0.6) is 0 Å². The molecule has 2 heteroatoms. The average Bonchev–Trinajstić information content (AvgIpc) is 2.54. The van der Waals surface area contributed by atoms with Gasteiger partial charge in [0.05, 0.1) is 0 Å². The summed E-state index contributed by atoms with van der Waals surface area (Å²) in [5, 5.41) is 5.01. The van der Waals surface area contributed by atoms with Gasteiger partial charge in [0.15, 0.2) is 5.79 Å². The van der Waals surface area contributed by atoms with Crippen LogP contribution in [-0.2, 0) is 15.3 Å². The van der Waals surface area contributed by atoms with E-state index in [9.17, 15) is 0 Å². The van der Waals surface area contributed by atoms with Crippen molar-refractivity contribution in [2.75, 3.05) is 13.2 Å². The molecule has 2 nitrogen and oxygen atoms in total. The second kappa shape index (κ2) is 6.07. The highest BCUT2D eigenvalue weighted by atomic mass is 16.7. The van der Waals surface area contributed by atoms with E-state index in [0.29, 0.717) is 13.2 Å². The Labute approximate surface area is 131 Å². The van der Waals surface area contributed by atoms with E-state index in [1.807, 2.05) is 20.8 Å². The van der Waals surface area contributed by atoms with Crippen molar-refractivity contribution in [3.05, 3.63) is 60.2 Å². The first kappa shape index (κ1) is 15.0. The molecule has 0 aliphatic rings. The third-order valence-corrected chi connectivity index (χ3v) is 4.11. The Hall–Kier alpha value is -1.90. The first-order valence-electron chi connectivity index (χ1n) is 7.88. The molecule has 114 valence electrons. The molecule has 0 fully saturated rings. The highest BCUT2D eigenvalue weighted by Crippen LogP contribution is 2.32. The lowest BCUT2D eigenvalue weighted by molar-refractivity contribution is -0.229. The number of benzene rings is 3. The van der Waals surface area contributed by atoms with E-state index >= 15 is 0 Å². The Kier molecular flexibility index (Phi) is 4.14. The molecule has 0 atom stereocenters. The zero-order valence-electron chi connectivity index (χ0n) is 13.4. The fourth-order valence-electron chi connectivity index (χ4n) is 3.05. The van der Waals surface area contributed by atoms with Gasteiger partial charge in [0.25, 0.3) is 0 Å². The van der Waals surface area contributed by atoms with Gasteiger partial charge in [0.2, 0.25) is 0 Å². The van der Waals surface area contributed by atoms with E-state index in [-0.39, 0.29) is 0 Å². The molecule has 0 unspecified atom stereocenters. The molecular formula is C20H22O2. The predicted octanol–water partition coefficient (Wildman–Crippen LogP) is 5.24. The molecular weight excluding hydrogens is 272 g/mol. The predicted molar refractivity (Wildman–Crippen MR) is 92.1 cm³/mol. The van der Waals surface area contributed by atoms with Crippen molar-refractivity contribution in [2.24, 2.45) is 0 Å². The number of fused-ring (bicyclic) bond motifs is 3. The zero-order chi connectivity index (χ0) is 15.6. The molecule has 0 aromatic heterocycles. The summed E-state index contributed by atoms with van der Waals surface area (Å²) in [6.07, 6.45) is 0. The second-order valence-electron chi connectivity index (χ2n) is 5.53. The van der Waals surface area contributed by atoms with Gasteiger partial charge in [0.1, 0.15) is 0 Å². The van der Waals surface area contributed by atoms with E-state index in [0.717, 1.165) is 5.56 Å². The van der Waals surface area contributed by atoms with Crippen LogP contribution in [0.2, 0.25) is 0 Å². The molecule has 3 aromatic carbocycles. The quantitative estimate of drug-likeness (QED) is 0.473. The third kappa shape index (κ3) is 2.60. The van der Waals surface area contributed by atoms with Crippen molar-refractivity contribution < 1.29 is 9.47 Å². The molecule has 3 rings (SSSR count). The van der Waals surface area contributed by atoms with Gasteiger partial charge in [-0.3, -0.25) is 0 Å². The summed E-state index contributed by atoms with van der Waals surface area (Å²) in [7, 11) is 0. The molecule has 0 amide bonds. The van der Waals surface area contributed by atoms with Gasteiger partial charge in [-0.1, -0.05) is 48.5 Å². The van der Waals surface area contributed by atoms with Crippen LogP contribution < -0.4 is 0 Å². The smallest absolute Gasteiger partial charge is 0.191 e. The van der Waals surface area contributed by atoms with Crippen molar-refractivity contribution in [1.82, 2.24) is 0 Å². The van der Waals surface area contributed by atoms with Crippen LogP contribution in [0.15, 0.2) is 54.6 Å². The van der Waals surface area contributed by atoms with Crippen molar-refractivity contribution in [1.29, 1.82) is 0 Å². The topological polar surface area (TPSA) is 18.5 Å². The lowest BCUT2D eigenvalue weighted by Gasteiger charge is -2.30. The molecule has 0 bridgehead atoms. The van der Waals surface area contributed by atoms with E-state index in [1.54, 1.807) is 0 Å². The summed E-state index contributed by atoms with van der Waals surface area (Å²) in [6, 6.07) is 19.3. The van der Waals surface area contributed by atoms with Crippen molar-refractivity contribution in [3.63, 3.8) is 0 Å². The molecule has 0 aliphatic heterocycles. The highest BCUT2D eigenvalue weighted by Gasteiger charge is 2.27. The maximum absolute atomic E-state index is 5.87. The van der Waals surface area contributed by atoms with Gasteiger partial charge in [0, 0.05) is 18.8 Å². The van der Waals surface area contributed by atoms with Gasteiger partial charge >= 0.3 is 0 Å². The zero-order valence-corrected chi connectivity index (χ0v) is 13.4. The summed E-state index contributed by atoms with van der Waals surface area (Å²) in [5.74, 6) is -0.691. The molecule has 0 spiro atoms. The fraction of sp³-hybridized carbons (Fsp3) is 0.300. The first-order chi connectivity index (χ1) is 10.7. The molecule has 0 heterocycles. The maximum Gasteiger partial charge on any atom is 0.191 e. The molecule has 22 heavy (non-hydrogen) atoms. The number of rotatable bonds is 5. The van der Waals surface area contributed by atoms with Gasteiger partial charge in [-0.25, -0.2) is 0 Å². The largest absolute Gasteiger partial charge is 0.346 e. The monoisotopic (exact) mass is 294 g/mol. The van der Waals surface area contributed by atoms with Gasteiger partial charge in [-0.05, 0) is 48.4 Å². The minimum absolute atomic E-state index is 0.617. The van der Waals surface area contributed by atoms with E-state index in [1.165, 1.54) is 21.5 Å². The SMILES string of the molecule is CCOC(C)(OCC)c1ccc2c(ccc3ccccc32)c1. The Morgan fingerprint density at radius 2 is 1.41 bits per heavy atom. The van der Waals surface area contributed by atoms with Crippen LogP contribution >= 0.6 is 0 Å². The van der Waals surface area contributed by atoms with Crippen LogP contribution in [0.4, 0.5) is 0 Å². The fourth-order valence-corrected chi connectivity index (χ4v) is 3.05. The van der Waals surface area contributed by atoms with Crippen LogP contribution in [0, 0.1) is 0 Å². The third-order valence-electron chi connectivity index (χ3n) is 4.11. The van der Waals surface area contributed by atoms with Crippen LogP contribution in [0.3, 0.4) is 0 Å². The van der Waals surface area contributed by atoms with Gasteiger partial charge < -0.3 is 9.47 Å². The molecule has 0 aliphatic carbocycles. The lowest BCUT2D eigenvalue weighted by atomic mass is 9.97. The standard InChI is InChI=1S/C20H22O2/c1-4-21-20(3,22-5-2)17-12-13-19-16(14-17)11-10-15-8-6-7-9-18(15)19/h6-14H,4-5H2,1-3H3. The first-order valence-corrected chi connectivity index (χ1v) is 7.88. The average molecular weight is 294 g/mol. The summed E-state index contributed by atoms with van der Waals surface area (Å²) < 4.78 is 11.7. The summed E-state index contributed by atoms with van der Waals surface area (Å²) >= 11 is 0. The van der Waals surface area contributed by atoms with Crippen LogP contribution in [0.1, 0.15) is 26.3 Å². The number of hydrogen-bond acceptors (Lipinski definition) is 2. The van der Waals surface area contributed by atoms with Crippen molar-refractivity contribution in [2.45, 2.75) is 26.6 Å². The normalized spacial score (nSPS) is 12.1. The molecule has 0 saturated carbocycles. The minimum Gasteiger partial charge on any atom is -0.346 e. The molecule has 3 aromatic rings. The van der Waals surface area contributed by atoms with Crippen LogP contribution in [-0.4, -0.2) is 13.2 Å². The Balaban J connectivity index is 2.15. The van der Waals surface area contributed by atoms with E-state index in [4.69, 9.17) is 9.47 Å². The second-order valence-corrected chi connectivity index (χ2v) is 5.53. The van der Waals surface area contributed by atoms with Crippen molar-refractivity contribution >= 4 is 21.5 Å². The lowest BCUT2D eigenvalue weighted by Crippen LogP contribution is -2.29. The van der Waals surface area contributed by atoms with E-state index in [2.05, 4.69) is 54.6 Å². The van der Waals surface area contributed by atoms with E-state index < -0.39 is 5.79 Å². The Morgan fingerprint density at radius 3 is 2.14 bits per heavy atom. The van der Waals surface area contributed by atoms with Crippen LogP contribution in [0.25, 0.3) is 21.5 Å². The molecule has 0 radical (unpaired) electrons. The number of hydrogen-bond donors (Lipinski definition) is 0. The Bertz CT molecular complexity index is 786.